The van der Waals surface area contributed by atoms with Crippen LogP contribution in [0.2, 0.25) is 0 Å². The van der Waals surface area contributed by atoms with E-state index < -0.39 is 0 Å². The van der Waals surface area contributed by atoms with Gasteiger partial charge in [-0.3, -0.25) is 0 Å². The Kier molecular flexibility index (Phi) is 31.1. The van der Waals surface area contributed by atoms with E-state index in [9.17, 15) is 0 Å². The second-order valence-corrected chi connectivity index (χ2v) is 10.4. The third-order valence-electron chi connectivity index (χ3n) is 6.63. The molecule has 0 fully saturated rings. The summed E-state index contributed by atoms with van der Waals surface area (Å²) in [7, 11) is 0. The summed E-state index contributed by atoms with van der Waals surface area (Å²) in [5.41, 5.74) is 0. The van der Waals surface area contributed by atoms with Gasteiger partial charge in [-0.2, -0.15) is 12.6 Å². The lowest BCUT2D eigenvalue weighted by atomic mass is 10.1. The van der Waals surface area contributed by atoms with Gasteiger partial charge in [-0.15, -0.1) is 0 Å². The van der Waals surface area contributed by atoms with Crippen molar-refractivity contribution in [2.24, 2.45) is 0 Å². The SMILES string of the molecule is CCCCCCCC/C=C\CCCCCCCCNCCCCCCCCCCCCS. The van der Waals surface area contributed by atoms with Gasteiger partial charge in [-0.1, -0.05) is 128 Å². The summed E-state index contributed by atoms with van der Waals surface area (Å²) in [6, 6.07) is 0. The number of nitrogens with one attached hydrogen (secondary N) is 1. The predicted octanol–water partition coefficient (Wildman–Crippen LogP) is 10.4. The van der Waals surface area contributed by atoms with E-state index in [1.54, 1.807) is 0 Å². The largest absolute Gasteiger partial charge is 0.317 e. The first-order valence-corrected chi connectivity index (χ1v) is 15.5. The van der Waals surface area contributed by atoms with E-state index in [-0.39, 0.29) is 0 Å². The number of allylic oxidation sites excluding steroid dienone is 2. The van der Waals surface area contributed by atoms with Crippen LogP contribution in [0.1, 0.15) is 161 Å². The van der Waals surface area contributed by atoms with Gasteiger partial charge in [0.2, 0.25) is 0 Å². The summed E-state index contributed by atoms with van der Waals surface area (Å²) in [5, 5.41) is 3.65. The van der Waals surface area contributed by atoms with Crippen LogP contribution in [-0.4, -0.2) is 18.8 Å². The molecule has 0 spiro atoms. The van der Waals surface area contributed by atoms with Crippen LogP contribution in [0.4, 0.5) is 0 Å². The minimum Gasteiger partial charge on any atom is -0.317 e. The van der Waals surface area contributed by atoms with Crippen LogP contribution in [0.3, 0.4) is 0 Å². The number of hydrogen-bond donors (Lipinski definition) is 2. The molecular weight excluding hydrogens is 406 g/mol. The van der Waals surface area contributed by atoms with Gasteiger partial charge in [0.25, 0.3) is 0 Å². The molecule has 0 saturated carbocycles. The second-order valence-electron chi connectivity index (χ2n) is 9.95. The molecule has 0 bridgehead atoms. The average Bonchev–Trinajstić information content (AvgIpc) is 2.81. The molecule has 0 aromatic rings. The van der Waals surface area contributed by atoms with Gasteiger partial charge in [0.1, 0.15) is 0 Å². The van der Waals surface area contributed by atoms with Gasteiger partial charge in [0.15, 0.2) is 0 Å². The normalized spacial score (nSPS) is 11.7. The summed E-state index contributed by atoms with van der Waals surface area (Å²) in [4.78, 5) is 0. The van der Waals surface area contributed by atoms with Crippen molar-refractivity contribution in [3.05, 3.63) is 12.2 Å². The molecule has 2 heteroatoms. The third kappa shape index (κ3) is 30.0. The van der Waals surface area contributed by atoms with Gasteiger partial charge in [0.05, 0.1) is 0 Å². The maximum atomic E-state index is 4.27. The van der Waals surface area contributed by atoms with E-state index in [4.69, 9.17) is 0 Å². The molecule has 0 rings (SSSR count). The standard InChI is InChI=1S/C30H61NS/c1-2-3-4-5-6-7-8-9-10-11-12-13-16-19-22-25-28-31-29-26-23-20-17-14-15-18-21-24-27-30-32/h9-10,31-32H,2-8,11-30H2,1H3/b10-9-. The van der Waals surface area contributed by atoms with Crippen LogP contribution in [0.25, 0.3) is 0 Å². The molecule has 0 saturated heterocycles. The van der Waals surface area contributed by atoms with Crippen LogP contribution in [0, 0.1) is 0 Å². The van der Waals surface area contributed by atoms with Gasteiger partial charge in [0, 0.05) is 0 Å². The Morgan fingerprint density at radius 2 is 0.781 bits per heavy atom. The van der Waals surface area contributed by atoms with Crippen molar-refractivity contribution in [2.75, 3.05) is 18.8 Å². The summed E-state index contributed by atoms with van der Waals surface area (Å²) in [6.07, 6.45) is 38.5. The fourth-order valence-corrected chi connectivity index (χ4v) is 4.62. The molecule has 0 aromatic carbocycles. The Labute approximate surface area is 209 Å². The lowest BCUT2D eigenvalue weighted by Crippen LogP contribution is -2.16. The maximum absolute atomic E-state index is 4.27. The number of unbranched alkanes of at least 4 members (excludes halogenated alkanes) is 21. The van der Waals surface area contributed by atoms with Crippen LogP contribution in [0.15, 0.2) is 12.2 Å². The molecule has 0 aromatic heterocycles. The first-order valence-electron chi connectivity index (χ1n) is 14.9. The van der Waals surface area contributed by atoms with Gasteiger partial charge < -0.3 is 5.32 Å². The fourth-order valence-electron chi connectivity index (χ4n) is 4.40. The van der Waals surface area contributed by atoms with Crippen molar-refractivity contribution >= 4 is 12.6 Å². The van der Waals surface area contributed by atoms with Gasteiger partial charge in [-0.25, -0.2) is 0 Å². The van der Waals surface area contributed by atoms with Crippen molar-refractivity contribution in [3.8, 4) is 0 Å². The van der Waals surface area contributed by atoms with Crippen molar-refractivity contribution in [3.63, 3.8) is 0 Å². The molecule has 192 valence electrons. The summed E-state index contributed by atoms with van der Waals surface area (Å²) in [5.74, 6) is 1.06. The molecule has 0 aliphatic heterocycles. The van der Waals surface area contributed by atoms with E-state index >= 15 is 0 Å². The Hall–Kier alpha value is 0.0500. The molecule has 0 atom stereocenters. The molecule has 0 radical (unpaired) electrons. The van der Waals surface area contributed by atoms with Crippen molar-refractivity contribution in [1.29, 1.82) is 0 Å². The molecule has 1 nitrogen and oxygen atoms in total. The van der Waals surface area contributed by atoms with E-state index in [0.717, 1.165) is 5.75 Å². The van der Waals surface area contributed by atoms with Crippen LogP contribution in [-0.2, 0) is 0 Å². The predicted molar refractivity (Wildman–Crippen MR) is 152 cm³/mol. The number of rotatable bonds is 28. The first-order chi connectivity index (χ1) is 15.9. The summed E-state index contributed by atoms with van der Waals surface area (Å²) in [6.45, 7) is 4.75. The summed E-state index contributed by atoms with van der Waals surface area (Å²) >= 11 is 4.27. The highest BCUT2D eigenvalue weighted by Crippen LogP contribution is 2.11. The van der Waals surface area contributed by atoms with Crippen molar-refractivity contribution in [1.82, 2.24) is 5.32 Å². The smallest absolute Gasteiger partial charge is 0.00489 e. The lowest BCUT2D eigenvalue weighted by Gasteiger charge is -2.05. The highest BCUT2D eigenvalue weighted by molar-refractivity contribution is 7.80. The number of hydrogen-bond acceptors (Lipinski definition) is 2. The average molecular weight is 468 g/mol. The monoisotopic (exact) mass is 467 g/mol. The fraction of sp³-hybridized carbons (Fsp3) is 0.933. The first kappa shape index (κ1) is 32.0. The number of thiol groups is 1. The van der Waals surface area contributed by atoms with E-state index in [1.165, 1.54) is 167 Å². The minimum atomic E-state index is 1.06. The molecule has 0 aliphatic carbocycles. The Morgan fingerprint density at radius 3 is 1.19 bits per heavy atom. The molecule has 0 heterocycles. The molecule has 0 amide bonds. The zero-order valence-corrected chi connectivity index (χ0v) is 23.1. The Bertz CT molecular complexity index is 342. The van der Waals surface area contributed by atoms with Crippen molar-refractivity contribution < 1.29 is 0 Å². The van der Waals surface area contributed by atoms with Crippen LogP contribution >= 0.6 is 12.6 Å². The van der Waals surface area contributed by atoms with Gasteiger partial charge in [-0.05, 0) is 63.8 Å². The zero-order chi connectivity index (χ0) is 23.2. The molecular formula is C30H61NS. The lowest BCUT2D eigenvalue weighted by molar-refractivity contribution is 0.531. The molecule has 0 aliphatic rings. The minimum absolute atomic E-state index is 1.06. The molecule has 32 heavy (non-hydrogen) atoms. The third-order valence-corrected chi connectivity index (χ3v) is 6.94. The second kappa shape index (κ2) is 31.0. The Balaban J connectivity index is 3.04. The topological polar surface area (TPSA) is 12.0 Å². The highest BCUT2D eigenvalue weighted by atomic mass is 32.1. The van der Waals surface area contributed by atoms with Crippen molar-refractivity contribution in [2.45, 2.75) is 161 Å². The van der Waals surface area contributed by atoms with E-state index in [0.29, 0.717) is 0 Å². The zero-order valence-electron chi connectivity index (χ0n) is 22.2. The highest BCUT2D eigenvalue weighted by Gasteiger charge is 1.95. The quantitative estimate of drug-likeness (QED) is 0.0662. The molecule has 1 N–H and O–H groups in total. The van der Waals surface area contributed by atoms with E-state index in [1.807, 2.05) is 0 Å². The van der Waals surface area contributed by atoms with Crippen LogP contribution < -0.4 is 5.32 Å². The van der Waals surface area contributed by atoms with Crippen LogP contribution in [0.5, 0.6) is 0 Å². The van der Waals surface area contributed by atoms with Gasteiger partial charge >= 0.3 is 0 Å². The molecule has 0 unspecified atom stereocenters. The Morgan fingerprint density at radius 1 is 0.438 bits per heavy atom. The maximum Gasteiger partial charge on any atom is -0.00489 e. The van der Waals surface area contributed by atoms with E-state index in [2.05, 4.69) is 37.0 Å². The summed E-state index contributed by atoms with van der Waals surface area (Å²) < 4.78 is 0.